The van der Waals surface area contributed by atoms with Crippen LogP contribution in [0.1, 0.15) is 40.5 Å². The number of rotatable bonds is 6. The second-order valence-electron chi connectivity index (χ2n) is 4.44. The Labute approximate surface area is 87.4 Å². The summed E-state index contributed by atoms with van der Waals surface area (Å²) in [5.41, 5.74) is 5.60. The maximum Gasteiger partial charge on any atom is 0.223 e. The summed E-state index contributed by atoms with van der Waals surface area (Å²) in [5, 5.41) is 2.92. The summed E-state index contributed by atoms with van der Waals surface area (Å²) in [6.45, 7) is 8.82. The fourth-order valence-electron chi connectivity index (χ4n) is 1.10. The first kappa shape index (κ1) is 13.4. The number of nitrogens with two attached hydrogens (primary N) is 1. The summed E-state index contributed by atoms with van der Waals surface area (Å²) >= 11 is 0. The smallest absolute Gasteiger partial charge is 0.223 e. The molecule has 2 unspecified atom stereocenters. The van der Waals surface area contributed by atoms with Crippen LogP contribution in [0, 0.1) is 11.8 Å². The summed E-state index contributed by atoms with van der Waals surface area (Å²) in [4.78, 5) is 11.5. The molecule has 3 heteroatoms. The van der Waals surface area contributed by atoms with Crippen LogP contribution in [0.4, 0.5) is 0 Å². The minimum Gasteiger partial charge on any atom is -0.356 e. The first-order chi connectivity index (χ1) is 6.45. The summed E-state index contributed by atoms with van der Waals surface area (Å²) < 4.78 is 0. The van der Waals surface area contributed by atoms with E-state index in [1.165, 1.54) is 0 Å². The molecule has 0 aromatic rings. The second-order valence-corrected chi connectivity index (χ2v) is 4.44. The first-order valence-electron chi connectivity index (χ1n) is 5.48. The second kappa shape index (κ2) is 6.82. The van der Waals surface area contributed by atoms with Gasteiger partial charge in [0.05, 0.1) is 0 Å². The van der Waals surface area contributed by atoms with Crippen molar-refractivity contribution in [3.63, 3.8) is 0 Å². The molecule has 0 spiro atoms. The van der Waals surface area contributed by atoms with E-state index < -0.39 is 0 Å². The molecular weight excluding hydrogens is 176 g/mol. The van der Waals surface area contributed by atoms with Gasteiger partial charge in [-0.1, -0.05) is 20.8 Å². The van der Waals surface area contributed by atoms with Crippen LogP contribution < -0.4 is 11.1 Å². The van der Waals surface area contributed by atoms with Crippen LogP contribution in [0.2, 0.25) is 0 Å². The van der Waals surface area contributed by atoms with Crippen LogP contribution in [0.25, 0.3) is 0 Å². The SMILES string of the molecule is CC(N)CCCNC(=O)C(C)C(C)C. The zero-order valence-electron chi connectivity index (χ0n) is 9.84. The van der Waals surface area contributed by atoms with Crippen molar-refractivity contribution < 1.29 is 4.79 Å². The monoisotopic (exact) mass is 200 g/mol. The van der Waals surface area contributed by atoms with Gasteiger partial charge in [-0.3, -0.25) is 4.79 Å². The minimum atomic E-state index is 0.102. The van der Waals surface area contributed by atoms with Gasteiger partial charge in [0.15, 0.2) is 0 Å². The zero-order valence-corrected chi connectivity index (χ0v) is 9.84. The van der Waals surface area contributed by atoms with Crippen molar-refractivity contribution in [2.75, 3.05) is 6.54 Å². The zero-order chi connectivity index (χ0) is 11.1. The highest BCUT2D eigenvalue weighted by molar-refractivity contribution is 5.78. The molecule has 0 bridgehead atoms. The molecular formula is C11H24N2O. The van der Waals surface area contributed by atoms with Crippen LogP contribution in [-0.2, 0) is 4.79 Å². The van der Waals surface area contributed by atoms with Crippen molar-refractivity contribution >= 4 is 5.91 Å². The van der Waals surface area contributed by atoms with Crippen LogP contribution in [0.15, 0.2) is 0 Å². The average Bonchev–Trinajstić information content (AvgIpc) is 2.10. The Kier molecular flexibility index (Phi) is 6.54. The molecule has 84 valence electrons. The lowest BCUT2D eigenvalue weighted by Crippen LogP contribution is -2.33. The molecule has 0 fully saturated rings. The fraction of sp³-hybridized carbons (Fsp3) is 0.909. The highest BCUT2D eigenvalue weighted by atomic mass is 16.1. The molecule has 0 aliphatic carbocycles. The predicted molar refractivity (Wildman–Crippen MR) is 59.9 cm³/mol. The molecule has 0 saturated heterocycles. The van der Waals surface area contributed by atoms with Gasteiger partial charge in [0.2, 0.25) is 5.91 Å². The van der Waals surface area contributed by atoms with Crippen LogP contribution >= 0.6 is 0 Å². The van der Waals surface area contributed by atoms with Crippen molar-refractivity contribution in [1.29, 1.82) is 0 Å². The van der Waals surface area contributed by atoms with Crippen molar-refractivity contribution in [3.8, 4) is 0 Å². The Morgan fingerprint density at radius 3 is 2.29 bits per heavy atom. The lowest BCUT2D eigenvalue weighted by molar-refractivity contribution is -0.125. The molecule has 1 amide bonds. The molecule has 0 saturated carbocycles. The van der Waals surface area contributed by atoms with E-state index in [-0.39, 0.29) is 17.9 Å². The number of carbonyl (C=O) groups is 1. The molecule has 14 heavy (non-hydrogen) atoms. The standard InChI is InChI=1S/C11H24N2O/c1-8(2)10(4)11(14)13-7-5-6-9(3)12/h8-10H,5-7,12H2,1-4H3,(H,13,14). The highest BCUT2D eigenvalue weighted by Crippen LogP contribution is 2.08. The normalized spacial score (nSPS) is 15.3. The van der Waals surface area contributed by atoms with Gasteiger partial charge in [-0.15, -0.1) is 0 Å². The quantitative estimate of drug-likeness (QED) is 0.639. The van der Waals surface area contributed by atoms with Crippen LogP contribution in [0.3, 0.4) is 0 Å². The predicted octanol–water partition coefficient (Wildman–Crippen LogP) is 1.52. The Balaban J connectivity index is 3.54. The van der Waals surface area contributed by atoms with Gasteiger partial charge in [0.25, 0.3) is 0 Å². The van der Waals surface area contributed by atoms with E-state index in [2.05, 4.69) is 19.2 Å². The lowest BCUT2D eigenvalue weighted by Gasteiger charge is -2.15. The van der Waals surface area contributed by atoms with E-state index in [4.69, 9.17) is 5.73 Å². The number of amides is 1. The maximum atomic E-state index is 11.5. The number of hydrogen-bond acceptors (Lipinski definition) is 2. The lowest BCUT2D eigenvalue weighted by atomic mass is 9.97. The van der Waals surface area contributed by atoms with E-state index in [9.17, 15) is 4.79 Å². The average molecular weight is 200 g/mol. The largest absolute Gasteiger partial charge is 0.356 e. The first-order valence-corrected chi connectivity index (χ1v) is 5.48. The Morgan fingerprint density at radius 2 is 1.86 bits per heavy atom. The number of hydrogen-bond donors (Lipinski definition) is 2. The molecule has 0 aliphatic rings. The summed E-state index contributed by atoms with van der Waals surface area (Å²) in [6.07, 6.45) is 1.94. The van der Waals surface area contributed by atoms with Gasteiger partial charge in [-0.25, -0.2) is 0 Å². The number of carbonyl (C=O) groups excluding carboxylic acids is 1. The fourth-order valence-corrected chi connectivity index (χ4v) is 1.10. The molecule has 0 heterocycles. The van der Waals surface area contributed by atoms with Gasteiger partial charge in [0.1, 0.15) is 0 Å². The molecule has 0 radical (unpaired) electrons. The van der Waals surface area contributed by atoms with Gasteiger partial charge >= 0.3 is 0 Å². The molecule has 0 aliphatic heterocycles. The molecule has 0 aromatic carbocycles. The van der Waals surface area contributed by atoms with Crippen LogP contribution in [-0.4, -0.2) is 18.5 Å². The summed E-state index contributed by atoms with van der Waals surface area (Å²) in [5.74, 6) is 0.665. The van der Waals surface area contributed by atoms with Crippen molar-refractivity contribution in [3.05, 3.63) is 0 Å². The van der Waals surface area contributed by atoms with E-state index in [0.717, 1.165) is 19.4 Å². The summed E-state index contributed by atoms with van der Waals surface area (Å²) in [6, 6.07) is 0.231. The van der Waals surface area contributed by atoms with E-state index >= 15 is 0 Å². The number of nitrogens with one attached hydrogen (secondary N) is 1. The molecule has 0 rings (SSSR count). The van der Waals surface area contributed by atoms with Crippen molar-refractivity contribution in [2.24, 2.45) is 17.6 Å². The summed E-state index contributed by atoms with van der Waals surface area (Å²) in [7, 11) is 0. The van der Waals surface area contributed by atoms with Gasteiger partial charge in [-0.2, -0.15) is 0 Å². The van der Waals surface area contributed by atoms with Crippen molar-refractivity contribution in [1.82, 2.24) is 5.32 Å². The molecule has 2 atom stereocenters. The van der Waals surface area contributed by atoms with Crippen LogP contribution in [0.5, 0.6) is 0 Å². The van der Waals surface area contributed by atoms with Gasteiger partial charge in [0, 0.05) is 18.5 Å². The Bertz CT molecular complexity index is 167. The minimum absolute atomic E-state index is 0.102. The molecule has 3 nitrogen and oxygen atoms in total. The Morgan fingerprint density at radius 1 is 1.29 bits per heavy atom. The third-order valence-electron chi connectivity index (χ3n) is 2.55. The maximum absolute atomic E-state index is 11.5. The molecule has 3 N–H and O–H groups in total. The molecule has 0 aromatic heterocycles. The van der Waals surface area contributed by atoms with Crippen molar-refractivity contribution in [2.45, 2.75) is 46.6 Å². The Hall–Kier alpha value is -0.570. The van der Waals surface area contributed by atoms with Gasteiger partial charge < -0.3 is 11.1 Å². The van der Waals surface area contributed by atoms with Gasteiger partial charge in [-0.05, 0) is 25.7 Å². The third kappa shape index (κ3) is 5.97. The van der Waals surface area contributed by atoms with E-state index in [1.54, 1.807) is 0 Å². The highest BCUT2D eigenvalue weighted by Gasteiger charge is 2.15. The third-order valence-corrected chi connectivity index (χ3v) is 2.55. The topological polar surface area (TPSA) is 55.1 Å². The van der Waals surface area contributed by atoms with E-state index in [1.807, 2.05) is 13.8 Å². The van der Waals surface area contributed by atoms with E-state index in [0.29, 0.717) is 5.92 Å².